The Labute approximate surface area is 109 Å². The normalized spacial score (nSPS) is 20.6. The molecule has 1 rings (SSSR count). The van der Waals surface area contributed by atoms with Crippen LogP contribution in [-0.2, 0) is 15.5 Å². The van der Waals surface area contributed by atoms with Gasteiger partial charge in [-0.1, -0.05) is 6.92 Å². The summed E-state index contributed by atoms with van der Waals surface area (Å²) in [6.45, 7) is 2.20. The van der Waals surface area contributed by atoms with Crippen molar-refractivity contribution in [3.63, 3.8) is 0 Å². The highest BCUT2D eigenvalue weighted by molar-refractivity contribution is 8.18. The molecule has 1 heterocycles. The molecular weight excluding hydrogens is 279 g/mol. The van der Waals surface area contributed by atoms with Crippen molar-refractivity contribution < 1.29 is 14.4 Å². The molecule has 104 valence electrons. The van der Waals surface area contributed by atoms with Crippen molar-refractivity contribution >= 4 is 23.5 Å². The summed E-state index contributed by atoms with van der Waals surface area (Å²) in [5.41, 5.74) is 0. The Morgan fingerprint density at radius 1 is 1.72 bits per heavy atom. The standard InChI is InChI=1S/C8H18N4O4PS/c1-3-7-18-17(15,16-4-2)11-6-5-9-8(11)10-12(13)14/h15H,3-7H2,1-2H3,(H,9,10)/q+1. The minimum Gasteiger partial charge on any atom is -0.349 e. The van der Waals surface area contributed by atoms with Crippen molar-refractivity contribution in [1.29, 1.82) is 0 Å². The molecular formula is C8H18N4O4PS+. The summed E-state index contributed by atoms with van der Waals surface area (Å²) >= 11 is 0. The molecule has 1 aliphatic heterocycles. The van der Waals surface area contributed by atoms with Crippen LogP contribution in [0.1, 0.15) is 20.3 Å². The monoisotopic (exact) mass is 297 g/mol. The van der Waals surface area contributed by atoms with Crippen LogP contribution in [-0.4, -0.2) is 46.0 Å². The van der Waals surface area contributed by atoms with Gasteiger partial charge in [0.15, 0.2) is 10.8 Å². The first-order chi connectivity index (χ1) is 8.53. The first-order valence-electron chi connectivity index (χ1n) is 5.69. The average molecular weight is 297 g/mol. The predicted octanol–water partition coefficient (Wildman–Crippen LogP) is 0.638. The van der Waals surface area contributed by atoms with E-state index in [4.69, 9.17) is 4.52 Å². The zero-order valence-corrected chi connectivity index (χ0v) is 12.1. The van der Waals surface area contributed by atoms with Gasteiger partial charge in [0.1, 0.15) is 5.10 Å². The summed E-state index contributed by atoms with van der Waals surface area (Å²) in [7, 11) is 1.30. The summed E-state index contributed by atoms with van der Waals surface area (Å²) in [6, 6.07) is 0. The van der Waals surface area contributed by atoms with Gasteiger partial charge in [-0.05, 0) is 13.3 Å². The van der Waals surface area contributed by atoms with Crippen molar-refractivity contribution in [1.82, 2.24) is 9.99 Å². The number of nitro groups is 1. The fourth-order valence-corrected chi connectivity index (χ4v) is 5.95. The SMILES string of the molecule is CCC[S+]=P(O)(OCC)N1CCNC1=N[N+](=O)[O-]. The maximum Gasteiger partial charge on any atom is 0.482 e. The highest BCUT2D eigenvalue weighted by Crippen LogP contribution is 2.49. The number of hydrogen-bond acceptors (Lipinski definition) is 3. The molecule has 0 aromatic carbocycles. The number of rotatable bonds is 6. The van der Waals surface area contributed by atoms with Crippen LogP contribution >= 0.6 is 6.64 Å². The van der Waals surface area contributed by atoms with E-state index >= 15 is 0 Å². The molecule has 1 fully saturated rings. The Morgan fingerprint density at radius 3 is 3.00 bits per heavy atom. The zero-order valence-electron chi connectivity index (χ0n) is 10.4. The lowest BCUT2D eigenvalue weighted by Crippen LogP contribution is -2.29. The summed E-state index contributed by atoms with van der Waals surface area (Å²) in [5, 5.41) is 15.7. The second-order valence-corrected chi connectivity index (χ2v) is 8.04. The molecule has 1 atom stereocenters. The third-order valence-corrected chi connectivity index (χ3v) is 7.08. The van der Waals surface area contributed by atoms with E-state index in [1.807, 2.05) is 6.92 Å². The van der Waals surface area contributed by atoms with Gasteiger partial charge in [0.2, 0.25) is 10.9 Å². The summed E-state index contributed by atoms with van der Waals surface area (Å²) in [4.78, 5) is 21.0. The molecule has 0 saturated carbocycles. The van der Waals surface area contributed by atoms with Crippen molar-refractivity contribution in [2.45, 2.75) is 20.3 Å². The van der Waals surface area contributed by atoms with E-state index in [0.29, 0.717) is 19.7 Å². The summed E-state index contributed by atoms with van der Waals surface area (Å²) < 4.78 is 6.93. The molecule has 0 aromatic heterocycles. The Kier molecular flexibility index (Phi) is 5.94. The first kappa shape index (κ1) is 15.3. The molecule has 0 radical (unpaired) electrons. The Balaban J connectivity index is 3.01. The van der Waals surface area contributed by atoms with Gasteiger partial charge in [-0.3, -0.25) is 9.42 Å². The minimum atomic E-state index is -2.89. The lowest BCUT2D eigenvalue weighted by Gasteiger charge is -2.19. The molecule has 0 bridgehead atoms. The Bertz CT molecular complexity index is 389. The molecule has 8 nitrogen and oxygen atoms in total. The van der Waals surface area contributed by atoms with Crippen molar-refractivity contribution in [3.8, 4) is 0 Å². The maximum atomic E-state index is 10.6. The van der Waals surface area contributed by atoms with Crippen LogP contribution in [0.2, 0.25) is 0 Å². The van der Waals surface area contributed by atoms with E-state index in [9.17, 15) is 15.0 Å². The highest BCUT2D eigenvalue weighted by atomic mass is 32.5. The molecule has 0 amide bonds. The molecule has 18 heavy (non-hydrogen) atoms. The minimum absolute atomic E-state index is 0.0767. The van der Waals surface area contributed by atoms with Crippen LogP contribution < -0.4 is 5.32 Å². The summed E-state index contributed by atoms with van der Waals surface area (Å²) in [5.74, 6) is 0.805. The van der Waals surface area contributed by atoms with Gasteiger partial charge in [-0.2, -0.15) is 0 Å². The van der Waals surface area contributed by atoms with E-state index in [0.717, 1.165) is 12.2 Å². The third-order valence-electron chi connectivity index (χ3n) is 2.09. The predicted molar refractivity (Wildman–Crippen MR) is 72.4 cm³/mol. The van der Waals surface area contributed by atoms with Crippen molar-refractivity contribution in [3.05, 3.63) is 10.1 Å². The lowest BCUT2D eigenvalue weighted by atomic mass is 10.6. The number of nitrogens with zero attached hydrogens (tertiary/aromatic N) is 3. The van der Waals surface area contributed by atoms with Gasteiger partial charge in [0.25, 0.3) is 5.96 Å². The van der Waals surface area contributed by atoms with Gasteiger partial charge in [-0.15, -0.1) is 0 Å². The first-order valence-corrected chi connectivity index (χ1v) is 8.89. The van der Waals surface area contributed by atoms with Crippen LogP contribution in [0, 0.1) is 10.1 Å². The number of nitrogens with one attached hydrogen (secondary N) is 1. The van der Waals surface area contributed by atoms with Crippen LogP contribution in [0.4, 0.5) is 0 Å². The zero-order chi connectivity index (χ0) is 13.6. The molecule has 10 heteroatoms. The summed E-state index contributed by atoms with van der Waals surface area (Å²) in [6.07, 6.45) is 0.892. The largest absolute Gasteiger partial charge is 0.482 e. The van der Waals surface area contributed by atoms with Crippen LogP contribution in [0.15, 0.2) is 5.10 Å². The molecule has 2 N–H and O–H groups in total. The van der Waals surface area contributed by atoms with E-state index in [1.165, 1.54) is 15.6 Å². The van der Waals surface area contributed by atoms with E-state index in [2.05, 4.69) is 10.4 Å². The second kappa shape index (κ2) is 6.98. The van der Waals surface area contributed by atoms with E-state index < -0.39 is 11.7 Å². The molecule has 1 saturated heterocycles. The molecule has 1 unspecified atom stereocenters. The fraction of sp³-hybridized carbons (Fsp3) is 0.875. The Hall–Kier alpha value is -0.760. The lowest BCUT2D eigenvalue weighted by molar-refractivity contribution is -0.485. The quantitative estimate of drug-likeness (QED) is 0.323. The topological polar surface area (TPSA) is 100 Å². The fourth-order valence-electron chi connectivity index (χ4n) is 1.44. The number of guanidine groups is 1. The second-order valence-electron chi connectivity index (χ2n) is 3.45. The van der Waals surface area contributed by atoms with Gasteiger partial charge >= 0.3 is 6.64 Å². The van der Waals surface area contributed by atoms with Crippen molar-refractivity contribution in [2.24, 2.45) is 5.10 Å². The molecule has 0 aliphatic carbocycles. The maximum absolute atomic E-state index is 10.6. The van der Waals surface area contributed by atoms with Gasteiger partial charge < -0.3 is 5.32 Å². The van der Waals surface area contributed by atoms with E-state index in [1.54, 1.807) is 6.92 Å². The molecule has 0 aromatic rings. The third kappa shape index (κ3) is 3.88. The van der Waals surface area contributed by atoms with Crippen LogP contribution in [0.25, 0.3) is 0 Å². The van der Waals surface area contributed by atoms with Gasteiger partial charge in [0.05, 0.1) is 13.2 Å². The highest BCUT2D eigenvalue weighted by Gasteiger charge is 2.42. The smallest absolute Gasteiger partial charge is 0.349 e. The van der Waals surface area contributed by atoms with Gasteiger partial charge in [0, 0.05) is 6.54 Å². The van der Waals surface area contributed by atoms with Gasteiger partial charge in [-0.25, -0.2) is 14.8 Å². The average Bonchev–Trinajstić information content (AvgIpc) is 2.74. The number of hydrogen-bond donors (Lipinski definition) is 2. The van der Waals surface area contributed by atoms with Crippen LogP contribution in [0.5, 0.6) is 0 Å². The molecule has 1 aliphatic rings. The van der Waals surface area contributed by atoms with E-state index in [-0.39, 0.29) is 5.96 Å². The Morgan fingerprint density at radius 2 is 2.44 bits per heavy atom. The number of hydrazone groups is 1. The van der Waals surface area contributed by atoms with Crippen molar-refractivity contribution in [2.75, 3.05) is 25.4 Å². The molecule has 0 spiro atoms. The van der Waals surface area contributed by atoms with Crippen LogP contribution in [0.3, 0.4) is 0 Å².